The molecule has 3 heterocycles. The maximum atomic E-state index is 7.16. The lowest BCUT2D eigenvalue weighted by Crippen LogP contribution is -2.61. The van der Waals surface area contributed by atoms with E-state index in [0.717, 1.165) is 34.1 Å². The molecule has 0 fully saturated rings. The highest BCUT2D eigenvalue weighted by Crippen LogP contribution is 2.47. The molecule has 4 nitrogen and oxygen atoms in total. The molecule has 0 bridgehead atoms. The molecule has 0 N–H and O–H groups in total. The van der Waals surface area contributed by atoms with Crippen molar-refractivity contribution in [3.05, 3.63) is 131 Å². The summed E-state index contributed by atoms with van der Waals surface area (Å²) in [6.45, 7) is 34.2. The summed E-state index contributed by atoms with van der Waals surface area (Å²) >= 11 is 0. The Morgan fingerprint density at radius 3 is 1.45 bits per heavy atom. The highest BCUT2D eigenvalue weighted by Gasteiger charge is 2.47. The third-order valence-corrected chi connectivity index (χ3v) is 12.3. The van der Waals surface area contributed by atoms with Gasteiger partial charge in [-0.05, 0) is 120 Å². The monoisotopic (exact) mass is 767 g/mol. The van der Waals surface area contributed by atoms with Crippen LogP contribution in [0.4, 0.5) is 34.3 Å². The van der Waals surface area contributed by atoms with Gasteiger partial charge in [0.25, 0.3) is 6.71 Å². The SMILES string of the molecule is CC(C)(C)c1ccc(-c2nc3c(o2)N(c2cc(C(C)(C)C)cc(C(C)(C)C)c2)c2cccc4c2B3c2cc(C(C)(C)C)ccc2N4c2ccc(C(C)(C)C)cc2)cc1. The van der Waals surface area contributed by atoms with Gasteiger partial charge in [-0.15, -0.1) is 0 Å². The van der Waals surface area contributed by atoms with Crippen molar-refractivity contribution in [1.82, 2.24) is 4.98 Å². The molecule has 2 aliphatic heterocycles. The molecule has 0 radical (unpaired) electrons. The molecule has 0 saturated heterocycles. The zero-order chi connectivity index (χ0) is 41.9. The third kappa shape index (κ3) is 6.89. The molecule has 0 unspecified atom stereocenters. The molecule has 298 valence electrons. The molecule has 0 saturated carbocycles. The molecule has 0 spiro atoms. The van der Waals surface area contributed by atoms with E-state index in [1.165, 1.54) is 50.1 Å². The van der Waals surface area contributed by atoms with Crippen LogP contribution in [0.2, 0.25) is 0 Å². The van der Waals surface area contributed by atoms with Crippen LogP contribution in [0.25, 0.3) is 11.5 Å². The first kappa shape index (κ1) is 39.8. The predicted octanol–water partition coefficient (Wildman–Crippen LogP) is 12.9. The summed E-state index contributed by atoms with van der Waals surface area (Å²) in [7, 11) is 0. The van der Waals surface area contributed by atoms with Gasteiger partial charge in [-0.25, -0.2) is 4.98 Å². The van der Waals surface area contributed by atoms with E-state index in [9.17, 15) is 0 Å². The van der Waals surface area contributed by atoms with Crippen LogP contribution < -0.4 is 26.3 Å². The van der Waals surface area contributed by atoms with Gasteiger partial charge in [-0.1, -0.05) is 152 Å². The van der Waals surface area contributed by atoms with Crippen molar-refractivity contribution < 1.29 is 4.42 Å². The van der Waals surface area contributed by atoms with E-state index in [4.69, 9.17) is 9.40 Å². The molecule has 6 aromatic rings. The van der Waals surface area contributed by atoms with Gasteiger partial charge in [0.15, 0.2) is 0 Å². The number of aromatic nitrogens is 1. The molecule has 58 heavy (non-hydrogen) atoms. The Kier molecular flexibility index (Phi) is 9.09. The average Bonchev–Trinajstić information content (AvgIpc) is 3.57. The molecule has 0 aliphatic carbocycles. The number of oxazole rings is 1. The number of hydrogen-bond donors (Lipinski definition) is 0. The van der Waals surface area contributed by atoms with Crippen LogP contribution in [-0.4, -0.2) is 11.7 Å². The van der Waals surface area contributed by atoms with Crippen LogP contribution in [0.3, 0.4) is 0 Å². The summed E-state index contributed by atoms with van der Waals surface area (Å²) in [6.07, 6.45) is 0. The van der Waals surface area contributed by atoms with E-state index < -0.39 is 0 Å². The normalized spacial score (nSPS) is 14.4. The molecule has 0 amide bonds. The fourth-order valence-electron chi connectivity index (χ4n) is 8.52. The number of hydrogen-bond acceptors (Lipinski definition) is 4. The van der Waals surface area contributed by atoms with Crippen LogP contribution >= 0.6 is 0 Å². The van der Waals surface area contributed by atoms with Crippen molar-refractivity contribution in [1.29, 1.82) is 0 Å². The molecule has 5 heteroatoms. The second-order valence-corrected chi connectivity index (χ2v) is 21.9. The first-order valence-corrected chi connectivity index (χ1v) is 21.2. The van der Waals surface area contributed by atoms with Gasteiger partial charge in [-0.3, -0.25) is 4.90 Å². The standard InChI is InChI=1S/C53H62BN3O/c1-49(2,3)34-21-19-33(20-22-34)47-55-46-48(58-47)57(40-30-37(52(10,11)12)29-38(31-40)53(13,14)15)44-18-16-17-43-45(44)54(46)41-32-36(51(7,8)9)25-28-42(41)56(43)39-26-23-35(24-27-39)50(4,5)6/h16-32H,1-15H3. The first-order valence-electron chi connectivity index (χ1n) is 21.2. The van der Waals surface area contributed by atoms with Crippen molar-refractivity contribution >= 4 is 57.6 Å². The van der Waals surface area contributed by atoms with Crippen molar-refractivity contribution in [3.8, 4) is 11.5 Å². The van der Waals surface area contributed by atoms with E-state index in [1.807, 2.05) is 0 Å². The highest BCUT2D eigenvalue weighted by atomic mass is 16.4. The summed E-state index contributed by atoms with van der Waals surface area (Å²) in [6, 6.07) is 39.0. The van der Waals surface area contributed by atoms with Crippen molar-refractivity contribution in [2.45, 2.75) is 131 Å². The van der Waals surface area contributed by atoms with Crippen LogP contribution in [0.5, 0.6) is 0 Å². The zero-order valence-corrected chi connectivity index (χ0v) is 37.6. The number of rotatable bonds is 3. The number of benzene rings is 5. The Morgan fingerprint density at radius 2 is 0.931 bits per heavy atom. The Bertz CT molecular complexity index is 2490. The summed E-state index contributed by atoms with van der Waals surface area (Å²) in [5, 5.41) is 0. The summed E-state index contributed by atoms with van der Waals surface area (Å²) in [5.41, 5.74) is 16.5. The van der Waals surface area contributed by atoms with Gasteiger partial charge in [0.1, 0.15) is 0 Å². The second-order valence-electron chi connectivity index (χ2n) is 21.9. The number of anilines is 6. The molecule has 8 rings (SSSR count). The quantitative estimate of drug-likeness (QED) is 0.168. The van der Waals surface area contributed by atoms with E-state index >= 15 is 0 Å². The molecular formula is C53H62BN3O. The van der Waals surface area contributed by atoms with Crippen LogP contribution in [0.15, 0.2) is 108 Å². The topological polar surface area (TPSA) is 32.5 Å². The predicted molar refractivity (Wildman–Crippen MR) is 249 cm³/mol. The van der Waals surface area contributed by atoms with Crippen molar-refractivity contribution in [2.24, 2.45) is 0 Å². The van der Waals surface area contributed by atoms with E-state index in [0.29, 0.717) is 5.89 Å². The largest absolute Gasteiger partial charge is 0.420 e. The van der Waals surface area contributed by atoms with Crippen LogP contribution in [0.1, 0.15) is 132 Å². The van der Waals surface area contributed by atoms with Gasteiger partial charge in [0.05, 0.1) is 5.59 Å². The molecule has 0 atom stereocenters. The van der Waals surface area contributed by atoms with Gasteiger partial charge in [0.2, 0.25) is 11.8 Å². The van der Waals surface area contributed by atoms with Crippen LogP contribution in [-0.2, 0) is 27.1 Å². The molecule has 2 aliphatic rings. The summed E-state index contributed by atoms with van der Waals surface area (Å²) in [5.74, 6) is 1.42. The van der Waals surface area contributed by atoms with E-state index in [2.05, 4.69) is 217 Å². The number of fused-ring (bicyclic) bond motifs is 4. The second kappa shape index (κ2) is 13.2. The maximum absolute atomic E-state index is 7.16. The Labute approximate surface area is 348 Å². The minimum Gasteiger partial charge on any atom is -0.420 e. The zero-order valence-electron chi connectivity index (χ0n) is 37.6. The Balaban J connectivity index is 1.45. The molecular weight excluding hydrogens is 705 g/mol. The Hall–Kier alpha value is -5.03. The lowest BCUT2D eigenvalue weighted by Gasteiger charge is -2.42. The van der Waals surface area contributed by atoms with E-state index in [-0.39, 0.29) is 33.8 Å². The van der Waals surface area contributed by atoms with Gasteiger partial charge >= 0.3 is 0 Å². The highest BCUT2D eigenvalue weighted by molar-refractivity contribution is 6.99. The van der Waals surface area contributed by atoms with Crippen molar-refractivity contribution in [3.63, 3.8) is 0 Å². The number of nitrogens with zero attached hydrogens (tertiary/aromatic N) is 3. The first-order chi connectivity index (χ1) is 26.9. The van der Waals surface area contributed by atoms with Gasteiger partial charge in [-0.2, -0.15) is 0 Å². The lowest BCUT2D eigenvalue weighted by atomic mass is 9.35. The minimum atomic E-state index is -0.140. The maximum Gasteiger partial charge on any atom is 0.279 e. The lowest BCUT2D eigenvalue weighted by molar-refractivity contribution is 0.566. The minimum absolute atomic E-state index is 0.0432. The molecule has 5 aromatic carbocycles. The van der Waals surface area contributed by atoms with E-state index in [1.54, 1.807) is 0 Å². The smallest absolute Gasteiger partial charge is 0.279 e. The fourth-order valence-corrected chi connectivity index (χ4v) is 8.52. The average molecular weight is 768 g/mol. The fraction of sp³-hybridized carbons (Fsp3) is 0.377. The molecule has 1 aromatic heterocycles. The van der Waals surface area contributed by atoms with Crippen molar-refractivity contribution in [2.75, 3.05) is 9.80 Å². The van der Waals surface area contributed by atoms with Crippen LogP contribution in [0, 0.1) is 0 Å². The van der Waals surface area contributed by atoms with Gasteiger partial charge in [0, 0.05) is 34.0 Å². The summed E-state index contributed by atoms with van der Waals surface area (Å²) < 4.78 is 7.16. The summed E-state index contributed by atoms with van der Waals surface area (Å²) in [4.78, 5) is 10.4. The van der Waals surface area contributed by atoms with Gasteiger partial charge < -0.3 is 9.32 Å². The Morgan fingerprint density at radius 1 is 0.448 bits per heavy atom. The third-order valence-electron chi connectivity index (χ3n) is 12.3.